The third-order valence-electron chi connectivity index (χ3n) is 5.70. The van der Waals surface area contributed by atoms with Crippen LogP contribution in [0.5, 0.6) is 0 Å². The summed E-state index contributed by atoms with van der Waals surface area (Å²) in [7, 11) is 0. The Labute approximate surface area is 160 Å². The lowest BCUT2D eigenvalue weighted by atomic mass is 9.75. The minimum atomic E-state index is -0.642. The highest BCUT2D eigenvalue weighted by molar-refractivity contribution is 5.87. The van der Waals surface area contributed by atoms with Gasteiger partial charge in [-0.25, -0.2) is 0 Å². The van der Waals surface area contributed by atoms with Crippen LogP contribution in [0.25, 0.3) is 0 Å². The van der Waals surface area contributed by atoms with Gasteiger partial charge in [-0.05, 0) is 33.3 Å². The van der Waals surface area contributed by atoms with E-state index in [9.17, 15) is 4.79 Å². The fourth-order valence-corrected chi connectivity index (χ4v) is 4.28. The third-order valence-corrected chi connectivity index (χ3v) is 5.70. The van der Waals surface area contributed by atoms with Crippen LogP contribution in [0, 0.1) is 11.8 Å². The van der Waals surface area contributed by atoms with Crippen molar-refractivity contribution in [2.45, 2.75) is 58.0 Å². The molecule has 0 aliphatic carbocycles. The van der Waals surface area contributed by atoms with E-state index >= 15 is 0 Å². The van der Waals surface area contributed by atoms with Crippen LogP contribution < -0.4 is 0 Å². The number of ether oxygens (including phenoxy) is 4. The lowest BCUT2D eigenvalue weighted by molar-refractivity contribution is -0.276. The number of carbonyl (C=O) groups is 1. The van der Waals surface area contributed by atoms with Gasteiger partial charge in [-0.2, -0.15) is 0 Å². The Hall–Kier alpha value is -1.47. The monoisotopic (exact) mass is 375 g/mol. The topological polar surface area (TPSA) is 57.2 Å². The molecule has 0 aromatic heterocycles. The van der Waals surface area contributed by atoms with Crippen LogP contribution in [0.2, 0.25) is 0 Å². The van der Waals surface area contributed by atoms with Gasteiger partial charge in [0.1, 0.15) is 0 Å². The molecule has 4 rings (SSSR count). The summed E-state index contributed by atoms with van der Waals surface area (Å²) in [5.41, 5.74) is 1.12. The summed E-state index contributed by atoms with van der Waals surface area (Å²) in [6.07, 6.45) is -0.223. The molecule has 0 bridgehead atoms. The summed E-state index contributed by atoms with van der Waals surface area (Å²) in [4.78, 5) is 15.0. The molecule has 1 aromatic carbocycles. The molecular formula is C21H29NO5. The zero-order valence-electron chi connectivity index (χ0n) is 16.5. The number of β-lactam (4-membered cyclic amide) rings is 1. The summed E-state index contributed by atoms with van der Waals surface area (Å²) >= 11 is 0. The maximum Gasteiger partial charge on any atom is 0.231 e. The molecule has 3 saturated heterocycles. The molecule has 1 aromatic rings. The molecule has 3 fully saturated rings. The summed E-state index contributed by atoms with van der Waals surface area (Å²) in [5.74, 6) is -1.18. The van der Waals surface area contributed by atoms with Crippen LogP contribution in [0.15, 0.2) is 30.3 Å². The fourth-order valence-electron chi connectivity index (χ4n) is 4.28. The van der Waals surface area contributed by atoms with Gasteiger partial charge in [0.2, 0.25) is 5.91 Å². The van der Waals surface area contributed by atoms with Gasteiger partial charge in [0, 0.05) is 12.5 Å². The highest BCUT2D eigenvalue weighted by atomic mass is 16.7. The van der Waals surface area contributed by atoms with Gasteiger partial charge in [0.05, 0.1) is 37.9 Å². The van der Waals surface area contributed by atoms with Crippen molar-refractivity contribution in [3.05, 3.63) is 35.9 Å². The Morgan fingerprint density at radius 3 is 2.19 bits per heavy atom. The molecule has 3 atom stereocenters. The average molecular weight is 375 g/mol. The van der Waals surface area contributed by atoms with Crippen LogP contribution >= 0.6 is 0 Å². The first-order valence-electron chi connectivity index (χ1n) is 9.70. The van der Waals surface area contributed by atoms with E-state index < -0.39 is 11.6 Å². The van der Waals surface area contributed by atoms with Gasteiger partial charge < -0.3 is 23.8 Å². The Morgan fingerprint density at radius 2 is 1.59 bits per heavy atom. The van der Waals surface area contributed by atoms with E-state index in [2.05, 4.69) is 0 Å². The number of likely N-dealkylation sites (tertiary alicyclic amines) is 1. The molecule has 6 nitrogen and oxygen atoms in total. The number of carbonyl (C=O) groups excluding carboxylic acids is 1. The first-order valence-corrected chi connectivity index (χ1v) is 9.70. The highest BCUT2D eigenvalue weighted by Crippen LogP contribution is 2.42. The SMILES string of the molecule is CC1(C)OCC([C@@H]2[C@@H]([C@@H]3COC(C)(C)O3)C(=O)N2Cc2ccccc2)CO1. The van der Waals surface area contributed by atoms with Crippen LogP contribution in [0.1, 0.15) is 33.3 Å². The predicted octanol–water partition coefficient (Wildman–Crippen LogP) is 2.56. The molecule has 0 radical (unpaired) electrons. The smallest absolute Gasteiger partial charge is 0.231 e. The predicted molar refractivity (Wildman–Crippen MR) is 98.6 cm³/mol. The van der Waals surface area contributed by atoms with Gasteiger partial charge in [0.25, 0.3) is 0 Å². The second kappa shape index (κ2) is 6.85. The van der Waals surface area contributed by atoms with Crippen molar-refractivity contribution in [3.63, 3.8) is 0 Å². The van der Waals surface area contributed by atoms with Crippen molar-refractivity contribution in [2.24, 2.45) is 11.8 Å². The van der Waals surface area contributed by atoms with E-state index in [0.717, 1.165) is 5.56 Å². The number of rotatable bonds is 4. The zero-order chi connectivity index (χ0) is 19.2. The molecule has 6 heteroatoms. The third kappa shape index (κ3) is 3.76. The van der Waals surface area contributed by atoms with Crippen molar-refractivity contribution in [1.29, 1.82) is 0 Å². The Kier molecular flexibility index (Phi) is 4.79. The lowest BCUT2D eigenvalue weighted by Crippen LogP contribution is -2.69. The lowest BCUT2D eigenvalue weighted by Gasteiger charge is -2.53. The van der Waals surface area contributed by atoms with Crippen molar-refractivity contribution in [3.8, 4) is 0 Å². The largest absolute Gasteiger partial charge is 0.350 e. The molecule has 0 unspecified atom stereocenters. The van der Waals surface area contributed by atoms with Crippen LogP contribution in [-0.4, -0.2) is 54.3 Å². The molecule has 1 amide bonds. The minimum absolute atomic E-state index is 0.0244. The number of hydrogen-bond donors (Lipinski definition) is 0. The summed E-state index contributed by atoms with van der Waals surface area (Å²) in [5, 5.41) is 0. The summed E-state index contributed by atoms with van der Waals surface area (Å²) in [6.45, 7) is 9.81. The van der Waals surface area contributed by atoms with Crippen molar-refractivity contribution in [2.75, 3.05) is 19.8 Å². The first kappa shape index (κ1) is 18.9. The molecular weight excluding hydrogens is 346 g/mol. The molecule has 148 valence electrons. The summed E-state index contributed by atoms with van der Waals surface area (Å²) in [6, 6.07) is 10.1. The Balaban J connectivity index is 1.53. The van der Waals surface area contributed by atoms with Crippen LogP contribution in [0.3, 0.4) is 0 Å². The van der Waals surface area contributed by atoms with E-state index in [0.29, 0.717) is 26.4 Å². The first-order chi connectivity index (χ1) is 12.8. The highest BCUT2D eigenvalue weighted by Gasteiger charge is 2.57. The van der Waals surface area contributed by atoms with Gasteiger partial charge in [-0.1, -0.05) is 30.3 Å². The van der Waals surface area contributed by atoms with Gasteiger partial charge in [-0.15, -0.1) is 0 Å². The molecule has 3 heterocycles. The number of nitrogens with zero attached hydrogens (tertiary/aromatic N) is 1. The minimum Gasteiger partial charge on any atom is -0.350 e. The summed E-state index contributed by atoms with van der Waals surface area (Å²) < 4.78 is 23.5. The van der Waals surface area contributed by atoms with E-state index in [4.69, 9.17) is 18.9 Å². The van der Waals surface area contributed by atoms with Gasteiger partial charge in [0.15, 0.2) is 11.6 Å². The van der Waals surface area contributed by atoms with Crippen molar-refractivity contribution < 1.29 is 23.7 Å². The Bertz CT molecular complexity index is 679. The number of hydrogen-bond acceptors (Lipinski definition) is 5. The second-order valence-electron chi connectivity index (χ2n) is 8.62. The van der Waals surface area contributed by atoms with E-state index in [1.54, 1.807) is 0 Å². The van der Waals surface area contributed by atoms with Crippen molar-refractivity contribution >= 4 is 5.91 Å². The maximum atomic E-state index is 13.1. The maximum absolute atomic E-state index is 13.1. The molecule has 0 saturated carbocycles. The molecule has 0 spiro atoms. The van der Waals surface area contributed by atoms with E-state index in [1.807, 2.05) is 62.9 Å². The normalized spacial score (nSPS) is 33.1. The Morgan fingerprint density at radius 1 is 0.963 bits per heavy atom. The van der Waals surface area contributed by atoms with E-state index in [-0.39, 0.29) is 29.9 Å². The van der Waals surface area contributed by atoms with Crippen molar-refractivity contribution in [1.82, 2.24) is 4.90 Å². The van der Waals surface area contributed by atoms with Gasteiger partial charge in [-0.3, -0.25) is 4.79 Å². The average Bonchev–Trinajstić information content (AvgIpc) is 2.98. The van der Waals surface area contributed by atoms with E-state index in [1.165, 1.54) is 0 Å². The van der Waals surface area contributed by atoms with Gasteiger partial charge >= 0.3 is 0 Å². The standard InChI is InChI=1S/C21H29NO5/c1-20(2)24-11-15(12-25-20)18-17(16-13-26-21(3,4)27-16)19(23)22(18)10-14-8-6-5-7-9-14/h5-9,15-18H,10-13H2,1-4H3/t16-,17+,18+/m0/s1. The fraction of sp³-hybridized carbons (Fsp3) is 0.667. The number of benzene rings is 1. The molecule has 27 heavy (non-hydrogen) atoms. The molecule has 3 aliphatic rings. The molecule has 0 N–H and O–H groups in total. The molecule has 3 aliphatic heterocycles. The van der Waals surface area contributed by atoms with Crippen LogP contribution in [-0.2, 0) is 30.3 Å². The number of amides is 1. The zero-order valence-corrected chi connectivity index (χ0v) is 16.5. The second-order valence-corrected chi connectivity index (χ2v) is 8.62. The van der Waals surface area contributed by atoms with Crippen LogP contribution in [0.4, 0.5) is 0 Å². The quantitative estimate of drug-likeness (QED) is 0.757.